The molecule has 2 aliphatic rings. The zero-order valence-electron chi connectivity index (χ0n) is 15.9. The smallest absolute Gasteiger partial charge is 0.291 e. The number of nitrogens with zero attached hydrogens (tertiary/aromatic N) is 6. The van der Waals surface area contributed by atoms with Crippen LogP contribution in [-0.4, -0.2) is 49.4 Å². The highest BCUT2D eigenvalue weighted by atomic mass is 16.2. The molecule has 0 saturated heterocycles. The van der Waals surface area contributed by atoms with E-state index in [1.54, 1.807) is 27.6 Å². The van der Waals surface area contributed by atoms with Crippen LogP contribution < -0.4 is 10.2 Å². The zero-order valence-corrected chi connectivity index (χ0v) is 15.9. The molecule has 1 N–H and O–H groups in total. The first-order chi connectivity index (χ1) is 12.9. The molecule has 27 heavy (non-hydrogen) atoms. The Bertz CT molecular complexity index is 865. The third-order valence-corrected chi connectivity index (χ3v) is 5.44. The summed E-state index contributed by atoms with van der Waals surface area (Å²) in [4.78, 5) is 30.9. The molecule has 0 spiro atoms. The topological polar surface area (TPSA) is 97.9 Å². The second-order valence-corrected chi connectivity index (χ2v) is 7.81. The number of hydrogen-bond donors (Lipinski definition) is 1. The number of carbonyl (C=O) groups is 2. The Morgan fingerprint density at radius 2 is 2.11 bits per heavy atom. The normalized spacial score (nSPS) is 24.9. The number of aryl methyl sites for hydroxylation is 2. The number of nitrogens with one attached hydrogen (secondary N) is 1. The van der Waals surface area contributed by atoms with Gasteiger partial charge in [-0.3, -0.25) is 19.2 Å². The minimum Gasteiger partial charge on any atom is -0.337 e. The molecular formula is C18H25N7O2. The van der Waals surface area contributed by atoms with Crippen molar-refractivity contribution in [2.24, 2.45) is 11.8 Å². The summed E-state index contributed by atoms with van der Waals surface area (Å²) in [6, 6.07) is 1.25. The Morgan fingerprint density at radius 1 is 1.33 bits per heavy atom. The van der Waals surface area contributed by atoms with Crippen LogP contribution in [0.1, 0.15) is 42.5 Å². The van der Waals surface area contributed by atoms with E-state index in [0.717, 1.165) is 24.0 Å². The number of likely N-dealkylation sites (N-methyl/N-ethyl adjacent to an activating group) is 1. The molecule has 9 heteroatoms. The number of rotatable bonds is 4. The standard InChI is InChI=1S/C18H25N7O2/c1-11-6-13(7-11)9-24-10-19-16(22-24)17(26)20-14-4-5-25-15(8-12(2)21-25)23(3)18(14)27/h8,10-11,13-14H,4-7,9H2,1-3H3,(H,20,26)/t11-,13-,14-/m0/s1. The Balaban J connectivity index is 1.40. The van der Waals surface area contributed by atoms with Gasteiger partial charge in [0, 0.05) is 26.2 Å². The maximum Gasteiger partial charge on any atom is 0.291 e. The van der Waals surface area contributed by atoms with E-state index in [-0.39, 0.29) is 11.7 Å². The highest BCUT2D eigenvalue weighted by molar-refractivity contribution is 6.00. The lowest BCUT2D eigenvalue weighted by Gasteiger charge is -2.32. The van der Waals surface area contributed by atoms with Gasteiger partial charge in [0.1, 0.15) is 18.2 Å². The summed E-state index contributed by atoms with van der Waals surface area (Å²) in [6.45, 7) is 5.48. The monoisotopic (exact) mass is 371 g/mol. The van der Waals surface area contributed by atoms with Crippen LogP contribution in [0, 0.1) is 18.8 Å². The van der Waals surface area contributed by atoms with Gasteiger partial charge in [-0.25, -0.2) is 9.67 Å². The average molecular weight is 371 g/mol. The minimum absolute atomic E-state index is 0.107. The van der Waals surface area contributed by atoms with E-state index in [4.69, 9.17) is 0 Å². The second kappa shape index (κ2) is 6.79. The molecule has 0 radical (unpaired) electrons. The number of hydrogen-bond acceptors (Lipinski definition) is 5. The van der Waals surface area contributed by atoms with Crippen molar-refractivity contribution in [3.63, 3.8) is 0 Å². The van der Waals surface area contributed by atoms with Crippen molar-refractivity contribution in [3.8, 4) is 0 Å². The van der Waals surface area contributed by atoms with Crippen LogP contribution in [0.25, 0.3) is 0 Å². The number of carbonyl (C=O) groups excluding carboxylic acids is 2. The predicted molar refractivity (Wildman–Crippen MR) is 98.2 cm³/mol. The highest BCUT2D eigenvalue weighted by Crippen LogP contribution is 2.33. The summed E-state index contributed by atoms with van der Waals surface area (Å²) in [5.74, 6) is 1.66. The van der Waals surface area contributed by atoms with Crippen LogP contribution in [0.5, 0.6) is 0 Å². The number of anilines is 1. The van der Waals surface area contributed by atoms with E-state index in [2.05, 4.69) is 27.4 Å². The third kappa shape index (κ3) is 3.45. The molecule has 3 heterocycles. The molecule has 2 aromatic heterocycles. The van der Waals surface area contributed by atoms with Crippen LogP contribution in [0.15, 0.2) is 12.4 Å². The van der Waals surface area contributed by atoms with Crippen molar-refractivity contribution >= 4 is 17.6 Å². The van der Waals surface area contributed by atoms with Crippen molar-refractivity contribution in [3.05, 3.63) is 23.9 Å². The Labute approximate surface area is 157 Å². The largest absolute Gasteiger partial charge is 0.337 e. The lowest BCUT2D eigenvalue weighted by Crippen LogP contribution is -2.47. The van der Waals surface area contributed by atoms with Crippen LogP contribution in [0.2, 0.25) is 0 Å². The van der Waals surface area contributed by atoms with Gasteiger partial charge in [0.05, 0.1) is 5.69 Å². The van der Waals surface area contributed by atoms with Crippen LogP contribution >= 0.6 is 0 Å². The Morgan fingerprint density at radius 3 is 2.85 bits per heavy atom. The zero-order chi connectivity index (χ0) is 19.1. The first-order valence-corrected chi connectivity index (χ1v) is 9.43. The number of amides is 2. The Kier molecular flexibility index (Phi) is 4.45. The fraction of sp³-hybridized carbons (Fsp3) is 0.611. The van der Waals surface area contributed by atoms with E-state index in [1.807, 2.05) is 13.0 Å². The van der Waals surface area contributed by atoms with Crippen LogP contribution in [0.4, 0.5) is 5.82 Å². The van der Waals surface area contributed by atoms with Gasteiger partial charge in [0.25, 0.3) is 11.8 Å². The molecule has 4 rings (SSSR count). The van der Waals surface area contributed by atoms with Gasteiger partial charge in [-0.15, -0.1) is 5.10 Å². The molecule has 1 fully saturated rings. The molecule has 2 amide bonds. The summed E-state index contributed by atoms with van der Waals surface area (Å²) in [5, 5.41) is 11.5. The maximum absolute atomic E-state index is 12.7. The Hall–Kier alpha value is -2.71. The molecule has 1 aliphatic heterocycles. The van der Waals surface area contributed by atoms with E-state index >= 15 is 0 Å². The second-order valence-electron chi connectivity index (χ2n) is 7.81. The van der Waals surface area contributed by atoms with Crippen molar-refractivity contribution in [2.45, 2.75) is 52.2 Å². The molecule has 9 nitrogen and oxygen atoms in total. The molecule has 2 aromatic rings. The molecule has 0 bridgehead atoms. The van der Waals surface area contributed by atoms with Crippen molar-refractivity contribution < 1.29 is 9.59 Å². The van der Waals surface area contributed by atoms with Gasteiger partial charge in [-0.2, -0.15) is 5.10 Å². The molecular weight excluding hydrogens is 346 g/mol. The molecule has 1 atom stereocenters. The van der Waals surface area contributed by atoms with Gasteiger partial charge in [0.2, 0.25) is 5.82 Å². The molecule has 1 saturated carbocycles. The quantitative estimate of drug-likeness (QED) is 0.864. The first kappa shape index (κ1) is 17.7. The fourth-order valence-electron chi connectivity index (χ4n) is 4.01. The molecule has 0 unspecified atom stereocenters. The summed E-state index contributed by atoms with van der Waals surface area (Å²) in [5.41, 5.74) is 0.864. The molecule has 144 valence electrons. The average Bonchev–Trinajstić information content (AvgIpc) is 3.20. The fourth-order valence-corrected chi connectivity index (χ4v) is 4.01. The third-order valence-electron chi connectivity index (χ3n) is 5.44. The number of aromatic nitrogens is 5. The van der Waals surface area contributed by atoms with Crippen LogP contribution in [-0.2, 0) is 17.9 Å². The number of fused-ring (bicyclic) bond motifs is 1. The summed E-state index contributed by atoms with van der Waals surface area (Å²) in [7, 11) is 1.70. The van der Waals surface area contributed by atoms with E-state index in [0.29, 0.717) is 18.9 Å². The van der Waals surface area contributed by atoms with Gasteiger partial charge in [-0.05, 0) is 38.0 Å². The summed E-state index contributed by atoms with van der Waals surface area (Å²) in [6.07, 6.45) is 4.46. The van der Waals surface area contributed by atoms with Gasteiger partial charge in [0.15, 0.2) is 0 Å². The van der Waals surface area contributed by atoms with Gasteiger partial charge >= 0.3 is 0 Å². The van der Waals surface area contributed by atoms with Gasteiger partial charge < -0.3 is 5.32 Å². The minimum atomic E-state index is -0.621. The van der Waals surface area contributed by atoms with Gasteiger partial charge in [-0.1, -0.05) is 6.92 Å². The lowest BCUT2D eigenvalue weighted by atomic mass is 9.76. The first-order valence-electron chi connectivity index (χ1n) is 9.43. The van der Waals surface area contributed by atoms with Crippen molar-refractivity contribution in [1.82, 2.24) is 29.9 Å². The SMILES string of the molecule is Cc1cc2n(n1)CC[C@H](NC(=O)c1ncn(C[C@H]3C[C@H](C)C3)n1)C(=O)N2C. The maximum atomic E-state index is 12.7. The van der Waals surface area contributed by atoms with Crippen LogP contribution in [0.3, 0.4) is 0 Å². The predicted octanol–water partition coefficient (Wildman–Crippen LogP) is 0.994. The summed E-state index contributed by atoms with van der Waals surface area (Å²) < 4.78 is 3.52. The molecule has 1 aliphatic carbocycles. The van der Waals surface area contributed by atoms with Crippen molar-refractivity contribution in [1.29, 1.82) is 0 Å². The van der Waals surface area contributed by atoms with E-state index in [9.17, 15) is 9.59 Å². The lowest BCUT2D eigenvalue weighted by molar-refractivity contribution is -0.120. The highest BCUT2D eigenvalue weighted by Gasteiger charge is 2.31. The van der Waals surface area contributed by atoms with E-state index in [1.165, 1.54) is 12.8 Å². The van der Waals surface area contributed by atoms with E-state index < -0.39 is 11.9 Å². The van der Waals surface area contributed by atoms with Crippen molar-refractivity contribution in [2.75, 3.05) is 11.9 Å². The summed E-state index contributed by atoms with van der Waals surface area (Å²) >= 11 is 0. The molecule has 0 aromatic carbocycles.